The van der Waals surface area contributed by atoms with Crippen LogP contribution in [-0.2, 0) is 6.42 Å². The number of likely N-dealkylation sites (tertiary alicyclic amines) is 1. The lowest BCUT2D eigenvalue weighted by molar-refractivity contribution is 0.0905. The van der Waals surface area contributed by atoms with E-state index in [2.05, 4.69) is 34.3 Å². The standard InChI is InChI=1S/C27H35N3O3/c1-29-14-6-7-23(18-29)33-26-9-5-8-25-24(26)17-21(19-32-25)28-27(31)20-10-12-22(13-11-20)30-15-3-2-4-16-30/h5,8-13,21,23H,2-4,6-7,14-19H2,1H3,(H,28,31)/t21-,23?/m0/s1. The van der Waals surface area contributed by atoms with Gasteiger partial charge in [0.15, 0.2) is 0 Å². The highest BCUT2D eigenvalue weighted by Crippen LogP contribution is 2.34. The molecule has 2 aromatic carbocycles. The Kier molecular flexibility index (Phi) is 6.72. The molecule has 0 spiro atoms. The van der Waals surface area contributed by atoms with Crippen LogP contribution in [0.1, 0.15) is 48.0 Å². The summed E-state index contributed by atoms with van der Waals surface area (Å²) in [6.07, 6.45) is 6.94. The average molecular weight is 450 g/mol. The molecule has 1 unspecified atom stereocenters. The molecule has 0 aliphatic carbocycles. The first-order chi connectivity index (χ1) is 16.2. The molecule has 0 radical (unpaired) electrons. The number of benzene rings is 2. The average Bonchev–Trinajstić information content (AvgIpc) is 2.85. The van der Waals surface area contributed by atoms with Gasteiger partial charge in [-0.2, -0.15) is 0 Å². The van der Waals surface area contributed by atoms with Crippen molar-refractivity contribution in [2.45, 2.75) is 50.7 Å². The van der Waals surface area contributed by atoms with Crippen LogP contribution < -0.4 is 19.7 Å². The van der Waals surface area contributed by atoms with E-state index in [0.29, 0.717) is 18.6 Å². The molecular weight excluding hydrogens is 414 g/mol. The molecule has 0 saturated carbocycles. The molecule has 2 fully saturated rings. The number of rotatable bonds is 5. The molecule has 176 valence electrons. The van der Waals surface area contributed by atoms with Gasteiger partial charge in [-0.3, -0.25) is 4.79 Å². The van der Waals surface area contributed by atoms with Crippen molar-refractivity contribution in [3.8, 4) is 11.5 Å². The number of fused-ring (bicyclic) bond motifs is 1. The normalized spacial score (nSPS) is 23.4. The summed E-state index contributed by atoms with van der Waals surface area (Å²) >= 11 is 0. The van der Waals surface area contributed by atoms with Gasteiger partial charge in [-0.25, -0.2) is 0 Å². The zero-order valence-corrected chi connectivity index (χ0v) is 19.6. The fraction of sp³-hybridized carbons (Fsp3) is 0.519. The van der Waals surface area contributed by atoms with E-state index >= 15 is 0 Å². The van der Waals surface area contributed by atoms with Crippen LogP contribution in [0.3, 0.4) is 0 Å². The molecule has 3 aliphatic rings. The number of amides is 1. The van der Waals surface area contributed by atoms with Crippen molar-refractivity contribution >= 4 is 11.6 Å². The Morgan fingerprint density at radius 1 is 1.03 bits per heavy atom. The van der Waals surface area contributed by atoms with Crippen molar-refractivity contribution in [1.29, 1.82) is 0 Å². The first kappa shape index (κ1) is 22.1. The van der Waals surface area contributed by atoms with Crippen LogP contribution in [0.2, 0.25) is 0 Å². The van der Waals surface area contributed by atoms with Gasteiger partial charge in [-0.1, -0.05) is 6.07 Å². The van der Waals surface area contributed by atoms with Gasteiger partial charge in [-0.05, 0) is 82.1 Å². The predicted molar refractivity (Wildman–Crippen MR) is 131 cm³/mol. The maximum absolute atomic E-state index is 12.9. The van der Waals surface area contributed by atoms with Gasteiger partial charge in [0, 0.05) is 42.9 Å². The monoisotopic (exact) mass is 449 g/mol. The van der Waals surface area contributed by atoms with Crippen molar-refractivity contribution in [3.63, 3.8) is 0 Å². The number of carbonyl (C=O) groups excluding carboxylic acids is 1. The third-order valence-corrected chi connectivity index (χ3v) is 7.04. The molecule has 0 aromatic heterocycles. The molecule has 2 aromatic rings. The van der Waals surface area contributed by atoms with E-state index in [1.807, 2.05) is 30.3 Å². The Morgan fingerprint density at radius 2 is 1.85 bits per heavy atom. The molecule has 6 nitrogen and oxygen atoms in total. The second kappa shape index (κ2) is 10.0. The summed E-state index contributed by atoms with van der Waals surface area (Å²) in [5.74, 6) is 1.70. The second-order valence-electron chi connectivity index (χ2n) is 9.66. The van der Waals surface area contributed by atoms with E-state index in [-0.39, 0.29) is 18.1 Å². The van der Waals surface area contributed by atoms with Crippen LogP contribution in [0.15, 0.2) is 42.5 Å². The first-order valence-corrected chi connectivity index (χ1v) is 12.4. The molecule has 3 aliphatic heterocycles. The van der Waals surface area contributed by atoms with Crippen LogP contribution in [0.25, 0.3) is 0 Å². The number of piperidine rings is 2. The molecule has 1 N–H and O–H groups in total. The third-order valence-electron chi connectivity index (χ3n) is 7.04. The second-order valence-corrected chi connectivity index (χ2v) is 9.66. The summed E-state index contributed by atoms with van der Waals surface area (Å²) in [6, 6.07) is 13.9. The largest absolute Gasteiger partial charge is 0.491 e. The lowest BCUT2D eigenvalue weighted by Gasteiger charge is -2.32. The molecule has 6 heteroatoms. The molecule has 3 heterocycles. The highest BCUT2D eigenvalue weighted by atomic mass is 16.5. The number of hydrogen-bond acceptors (Lipinski definition) is 5. The van der Waals surface area contributed by atoms with Crippen molar-refractivity contribution in [2.75, 3.05) is 44.7 Å². The fourth-order valence-corrected chi connectivity index (χ4v) is 5.22. The molecular formula is C27H35N3O3. The summed E-state index contributed by atoms with van der Waals surface area (Å²) in [5, 5.41) is 3.17. The van der Waals surface area contributed by atoms with E-state index in [0.717, 1.165) is 56.1 Å². The summed E-state index contributed by atoms with van der Waals surface area (Å²) in [6.45, 7) is 4.75. The van der Waals surface area contributed by atoms with Crippen molar-refractivity contribution in [2.24, 2.45) is 0 Å². The van der Waals surface area contributed by atoms with E-state index in [1.54, 1.807) is 0 Å². The van der Waals surface area contributed by atoms with Gasteiger partial charge >= 0.3 is 0 Å². The SMILES string of the molecule is CN1CCCC(Oc2cccc3c2C[C@H](NC(=O)c2ccc(N4CCCCC4)cc2)CO3)C1. The molecule has 5 rings (SSSR count). The zero-order chi connectivity index (χ0) is 22.6. The van der Waals surface area contributed by atoms with Crippen molar-refractivity contribution in [3.05, 3.63) is 53.6 Å². The van der Waals surface area contributed by atoms with Crippen molar-refractivity contribution in [1.82, 2.24) is 10.2 Å². The molecule has 0 bridgehead atoms. The minimum Gasteiger partial charge on any atom is -0.491 e. The highest BCUT2D eigenvalue weighted by molar-refractivity contribution is 5.94. The topological polar surface area (TPSA) is 54.0 Å². The Bertz CT molecular complexity index is 956. The number of nitrogens with zero attached hydrogens (tertiary/aromatic N) is 2. The van der Waals surface area contributed by atoms with Crippen LogP contribution >= 0.6 is 0 Å². The Hall–Kier alpha value is -2.73. The maximum atomic E-state index is 12.9. The summed E-state index contributed by atoms with van der Waals surface area (Å²) in [7, 11) is 2.14. The molecule has 2 saturated heterocycles. The lowest BCUT2D eigenvalue weighted by atomic mass is 10.0. The van der Waals surface area contributed by atoms with Crippen LogP contribution in [0.4, 0.5) is 5.69 Å². The fourth-order valence-electron chi connectivity index (χ4n) is 5.22. The van der Waals surface area contributed by atoms with Crippen LogP contribution in [0, 0.1) is 0 Å². The maximum Gasteiger partial charge on any atom is 0.251 e. The van der Waals surface area contributed by atoms with Crippen LogP contribution in [0.5, 0.6) is 11.5 Å². The minimum atomic E-state index is -0.0782. The van der Waals surface area contributed by atoms with E-state index in [9.17, 15) is 4.79 Å². The third kappa shape index (κ3) is 5.27. The Morgan fingerprint density at radius 3 is 2.64 bits per heavy atom. The van der Waals surface area contributed by atoms with E-state index in [4.69, 9.17) is 9.47 Å². The smallest absolute Gasteiger partial charge is 0.251 e. The predicted octanol–water partition coefficient (Wildman–Crippen LogP) is 3.88. The number of ether oxygens (including phenoxy) is 2. The van der Waals surface area contributed by atoms with Gasteiger partial charge in [0.1, 0.15) is 24.2 Å². The van der Waals surface area contributed by atoms with E-state index < -0.39 is 0 Å². The van der Waals surface area contributed by atoms with Gasteiger partial charge in [-0.15, -0.1) is 0 Å². The van der Waals surface area contributed by atoms with Gasteiger partial charge in [0.05, 0.1) is 6.04 Å². The first-order valence-electron chi connectivity index (χ1n) is 12.4. The number of carbonyl (C=O) groups is 1. The van der Waals surface area contributed by atoms with Gasteiger partial charge in [0.2, 0.25) is 0 Å². The Labute approximate surface area is 196 Å². The lowest BCUT2D eigenvalue weighted by Crippen LogP contribution is -2.43. The zero-order valence-electron chi connectivity index (χ0n) is 19.6. The number of hydrogen-bond donors (Lipinski definition) is 1. The minimum absolute atomic E-state index is 0.0513. The highest BCUT2D eigenvalue weighted by Gasteiger charge is 2.27. The molecule has 1 amide bonds. The molecule has 33 heavy (non-hydrogen) atoms. The van der Waals surface area contributed by atoms with Crippen molar-refractivity contribution < 1.29 is 14.3 Å². The van der Waals surface area contributed by atoms with Crippen LogP contribution in [-0.4, -0.2) is 62.8 Å². The quantitative estimate of drug-likeness (QED) is 0.751. The van der Waals surface area contributed by atoms with E-state index in [1.165, 1.54) is 24.9 Å². The summed E-state index contributed by atoms with van der Waals surface area (Å²) < 4.78 is 12.4. The van der Waals surface area contributed by atoms with Gasteiger partial charge < -0.3 is 24.6 Å². The van der Waals surface area contributed by atoms with Gasteiger partial charge in [0.25, 0.3) is 5.91 Å². The number of nitrogens with one attached hydrogen (secondary N) is 1. The molecule has 2 atom stereocenters. The summed E-state index contributed by atoms with van der Waals surface area (Å²) in [5.41, 5.74) is 2.95. The number of anilines is 1. The summed E-state index contributed by atoms with van der Waals surface area (Å²) in [4.78, 5) is 17.7. The number of likely N-dealkylation sites (N-methyl/N-ethyl adjacent to an activating group) is 1. The Balaban J connectivity index is 1.22.